The zero-order valence-corrected chi connectivity index (χ0v) is 11.0. The van der Waals surface area contributed by atoms with Crippen LogP contribution >= 0.6 is 0 Å². The molecule has 2 heterocycles. The fourth-order valence-corrected chi connectivity index (χ4v) is 2.13. The van der Waals surface area contributed by atoms with Crippen LogP contribution in [-0.2, 0) is 7.05 Å². The first-order valence-electron chi connectivity index (χ1n) is 6.32. The first-order chi connectivity index (χ1) is 9.65. The van der Waals surface area contributed by atoms with Gasteiger partial charge in [-0.1, -0.05) is 0 Å². The number of carboxylic acids is 1. The number of carbonyl (C=O) groups is 1. The molecule has 0 unspecified atom stereocenters. The molecule has 0 amide bonds. The maximum Gasteiger partial charge on any atom is 0.372 e. The minimum Gasteiger partial charge on any atom is -0.490 e. The minimum atomic E-state index is -1.05. The van der Waals surface area contributed by atoms with Crippen LogP contribution in [0.25, 0.3) is 11.3 Å². The number of ether oxygens (including phenoxy) is 2. The fraction of sp³-hybridized carbons (Fsp3) is 0.286. The van der Waals surface area contributed by atoms with E-state index < -0.39 is 5.97 Å². The van der Waals surface area contributed by atoms with Crippen molar-refractivity contribution in [2.45, 2.75) is 6.42 Å². The number of benzene rings is 1. The van der Waals surface area contributed by atoms with Crippen molar-refractivity contribution in [2.75, 3.05) is 13.2 Å². The SMILES string of the molecule is Cn1cc(-c2ccc3c(c2)OCCCO3)nc1C(=O)O. The van der Waals surface area contributed by atoms with Crippen molar-refractivity contribution in [1.29, 1.82) is 0 Å². The zero-order chi connectivity index (χ0) is 14.1. The summed E-state index contributed by atoms with van der Waals surface area (Å²) in [6, 6.07) is 5.50. The molecule has 0 aliphatic carbocycles. The van der Waals surface area contributed by atoms with Crippen molar-refractivity contribution in [3.05, 3.63) is 30.2 Å². The van der Waals surface area contributed by atoms with Gasteiger partial charge in [0.2, 0.25) is 5.82 Å². The molecule has 1 aromatic carbocycles. The molecule has 0 atom stereocenters. The normalized spacial score (nSPS) is 13.8. The number of fused-ring (bicyclic) bond motifs is 1. The van der Waals surface area contributed by atoms with Crippen LogP contribution in [0, 0.1) is 0 Å². The van der Waals surface area contributed by atoms with Crippen LogP contribution in [-0.4, -0.2) is 33.8 Å². The molecule has 6 nitrogen and oxygen atoms in total. The molecule has 0 saturated carbocycles. The maximum absolute atomic E-state index is 11.0. The highest BCUT2D eigenvalue weighted by Gasteiger charge is 2.16. The number of hydrogen-bond acceptors (Lipinski definition) is 4. The molecule has 20 heavy (non-hydrogen) atoms. The second kappa shape index (κ2) is 4.88. The predicted octanol–water partition coefficient (Wildman–Crippen LogP) is 1.95. The van der Waals surface area contributed by atoms with Gasteiger partial charge in [0.1, 0.15) is 0 Å². The van der Waals surface area contributed by atoms with Gasteiger partial charge in [-0.15, -0.1) is 0 Å². The van der Waals surface area contributed by atoms with Gasteiger partial charge < -0.3 is 19.1 Å². The smallest absolute Gasteiger partial charge is 0.372 e. The van der Waals surface area contributed by atoms with Gasteiger partial charge in [-0.25, -0.2) is 9.78 Å². The fourth-order valence-electron chi connectivity index (χ4n) is 2.13. The topological polar surface area (TPSA) is 73.6 Å². The predicted molar refractivity (Wildman–Crippen MR) is 71.2 cm³/mol. The Bertz CT molecular complexity index is 663. The van der Waals surface area contributed by atoms with E-state index in [4.69, 9.17) is 14.6 Å². The molecule has 1 aliphatic rings. The first kappa shape index (κ1) is 12.5. The van der Waals surface area contributed by atoms with E-state index in [1.54, 1.807) is 13.2 Å². The van der Waals surface area contributed by atoms with Crippen LogP contribution in [0.1, 0.15) is 17.0 Å². The summed E-state index contributed by atoms with van der Waals surface area (Å²) in [5.41, 5.74) is 1.40. The van der Waals surface area contributed by atoms with Crippen LogP contribution < -0.4 is 9.47 Å². The quantitative estimate of drug-likeness (QED) is 0.906. The molecule has 104 valence electrons. The van der Waals surface area contributed by atoms with E-state index >= 15 is 0 Å². The molecule has 0 fully saturated rings. The van der Waals surface area contributed by atoms with Gasteiger partial charge >= 0.3 is 5.97 Å². The Labute approximate surface area is 115 Å². The van der Waals surface area contributed by atoms with Gasteiger partial charge in [0.25, 0.3) is 0 Å². The molecule has 1 aliphatic heterocycles. The standard InChI is InChI=1S/C14H14N2O4/c1-16-8-10(15-13(16)14(17)18)9-3-4-11-12(7-9)20-6-2-5-19-11/h3-4,7-8H,2,5-6H2,1H3,(H,17,18). The Morgan fingerprint density at radius 2 is 2.05 bits per heavy atom. The number of aryl methyl sites for hydroxylation is 1. The summed E-state index contributed by atoms with van der Waals surface area (Å²) in [6.45, 7) is 1.25. The highest BCUT2D eigenvalue weighted by Crippen LogP contribution is 2.33. The summed E-state index contributed by atoms with van der Waals surface area (Å²) in [5, 5.41) is 9.03. The third-order valence-corrected chi connectivity index (χ3v) is 3.11. The lowest BCUT2D eigenvalue weighted by molar-refractivity contribution is 0.0680. The summed E-state index contributed by atoms with van der Waals surface area (Å²) >= 11 is 0. The van der Waals surface area contributed by atoms with E-state index in [1.165, 1.54) is 4.57 Å². The van der Waals surface area contributed by atoms with Gasteiger partial charge in [0.15, 0.2) is 11.5 Å². The third-order valence-electron chi connectivity index (χ3n) is 3.11. The Morgan fingerprint density at radius 3 is 2.75 bits per heavy atom. The van der Waals surface area contributed by atoms with Crippen molar-refractivity contribution in [3.8, 4) is 22.8 Å². The van der Waals surface area contributed by atoms with Crippen LogP contribution in [0.15, 0.2) is 24.4 Å². The molecular formula is C14H14N2O4. The van der Waals surface area contributed by atoms with E-state index in [0.29, 0.717) is 30.4 Å². The Morgan fingerprint density at radius 1 is 1.30 bits per heavy atom. The maximum atomic E-state index is 11.0. The number of carboxylic acid groups (broad SMARTS) is 1. The second-order valence-corrected chi connectivity index (χ2v) is 4.58. The lowest BCUT2D eigenvalue weighted by Crippen LogP contribution is -2.04. The van der Waals surface area contributed by atoms with Crippen LogP contribution in [0.5, 0.6) is 11.5 Å². The molecule has 2 aromatic rings. The highest BCUT2D eigenvalue weighted by atomic mass is 16.5. The van der Waals surface area contributed by atoms with Crippen LogP contribution in [0.3, 0.4) is 0 Å². The van der Waals surface area contributed by atoms with E-state index in [9.17, 15) is 4.79 Å². The van der Waals surface area contributed by atoms with Crippen LogP contribution in [0.2, 0.25) is 0 Å². The monoisotopic (exact) mass is 274 g/mol. The Hall–Kier alpha value is -2.50. The summed E-state index contributed by atoms with van der Waals surface area (Å²) < 4.78 is 12.7. The molecule has 0 bridgehead atoms. The van der Waals surface area contributed by atoms with Gasteiger partial charge in [0, 0.05) is 25.2 Å². The molecular weight excluding hydrogens is 260 g/mol. The average molecular weight is 274 g/mol. The number of aromatic nitrogens is 2. The summed E-state index contributed by atoms with van der Waals surface area (Å²) in [5.74, 6) is 0.336. The average Bonchev–Trinajstić information content (AvgIpc) is 2.68. The number of aromatic carboxylic acids is 1. The van der Waals surface area contributed by atoms with Gasteiger partial charge in [-0.3, -0.25) is 0 Å². The van der Waals surface area contributed by atoms with Crippen molar-refractivity contribution < 1.29 is 19.4 Å². The zero-order valence-electron chi connectivity index (χ0n) is 11.0. The Balaban J connectivity index is 2.00. The lowest BCUT2D eigenvalue weighted by atomic mass is 10.1. The number of hydrogen-bond donors (Lipinski definition) is 1. The number of imidazole rings is 1. The third kappa shape index (κ3) is 2.20. The van der Waals surface area contributed by atoms with Crippen molar-refractivity contribution in [3.63, 3.8) is 0 Å². The summed E-state index contributed by atoms with van der Waals surface area (Å²) in [7, 11) is 1.66. The molecule has 0 spiro atoms. The van der Waals surface area contributed by atoms with Crippen LogP contribution in [0.4, 0.5) is 0 Å². The molecule has 1 aromatic heterocycles. The summed E-state index contributed by atoms with van der Waals surface area (Å²) in [4.78, 5) is 15.1. The Kier molecular flexibility index (Phi) is 3.06. The lowest BCUT2D eigenvalue weighted by Gasteiger charge is -2.08. The van der Waals surface area contributed by atoms with E-state index in [1.807, 2.05) is 18.2 Å². The summed E-state index contributed by atoms with van der Waals surface area (Å²) in [6.07, 6.45) is 2.53. The van der Waals surface area contributed by atoms with Crippen molar-refractivity contribution >= 4 is 5.97 Å². The molecule has 6 heteroatoms. The largest absolute Gasteiger partial charge is 0.490 e. The van der Waals surface area contributed by atoms with Gasteiger partial charge in [-0.05, 0) is 18.2 Å². The van der Waals surface area contributed by atoms with E-state index in [0.717, 1.165) is 12.0 Å². The van der Waals surface area contributed by atoms with E-state index in [2.05, 4.69) is 4.98 Å². The van der Waals surface area contributed by atoms with Gasteiger partial charge in [0.05, 0.1) is 18.9 Å². The second-order valence-electron chi connectivity index (χ2n) is 4.58. The highest BCUT2D eigenvalue weighted by molar-refractivity contribution is 5.84. The van der Waals surface area contributed by atoms with E-state index in [-0.39, 0.29) is 5.82 Å². The van der Waals surface area contributed by atoms with Crippen molar-refractivity contribution in [1.82, 2.24) is 9.55 Å². The minimum absolute atomic E-state index is 0.00658. The molecule has 1 N–H and O–H groups in total. The number of rotatable bonds is 2. The van der Waals surface area contributed by atoms with Crippen molar-refractivity contribution in [2.24, 2.45) is 7.05 Å². The molecule has 0 radical (unpaired) electrons. The number of nitrogens with zero attached hydrogens (tertiary/aromatic N) is 2. The first-order valence-corrected chi connectivity index (χ1v) is 6.32. The molecule has 0 saturated heterocycles. The van der Waals surface area contributed by atoms with Gasteiger partial charge in [-0.2, -0.15) is 0 Å². The molecule has 3 rings (SSSR count).